The molecule has 200 valence electrons. The van der Waals surface area contributed by atoms with E-state index in [0.717, 1.165) is 42.0 Å². The molecule has 1 aliphatic rings. The Morgan fingerprint density at radius 1 is 1.14 bits per heavy atom. The number of nitrogens with zero attached hydrogens (tertiary/aromatic N) is 4. The van der Waals surface area contributed by atoms with Crippen molar-refractivity contribution in [3.63, 3.8) is 0 Å². The molecular formula is C25H41N7O3S. The molecule has 3 rings (SSSR count). The van der Waals surface area contributed by atoms with Gasteiger partial charge in [0.2, 0.25) is 11.9 Å². The number of thiophene rings is 1. The van der Waals surface area contributed by atoms with Crippen LogP contribution in [0.15, 0.2) is 5.38 Å². The Balaban J connectivity index is 1.81. The van der Waals surface area contributed by atoms with Crippen molar-refractivity contribution in [3.05, 3.63) is 10.9 Å². The number of carbonyl (C=O) groups excluding carboxylic acids is 2. The van der Waals surface area contributed by atoms with Crippen LogP contribution in [0, 0.1) is 12.8 Å². The highest BCUT2D eigenvalue weighted by Crippen LogP contribution is 2.31. The van der Waals surface area contributed by atoms with Gasteiger partial charge in [0.25, 0.3) is 0 Å². The van der Waals surface area contributed by atoms with Gasteiger partial charge in [-0.25, -0.2) is 9.78 Å². The highest BCUT2D eigenvalue weighted by Gasteiger charge is 2.27. The van der Waals surface area contributed by atoms with Crippen molar-refractivity contribution in [1.29, 1.82) is 0 Å². The molecule has 2 amide bonds. The number of hydrogen-bond donors (Lipinski definition) is 3. The fourth-order valence-corrected chi connectivity index (χ4v) is 5.00. The van der Waals surface area contributed by atoms with Gasteiger partial charge in [0, 0.05) is 26.2 Å². The molecule has 1 aliphatic heterocycles. The molecular weight excluding hydrogens is 478 g/mol. The van der Waals surface area contributed by atoms with Gasteiger partial charge in [-0.05, 0) is 64.9 Å². The number of fused-ring (bicyclic) bond motifs is 1. The number of aryl methyl sites for hydroxylation is 1. The maximum Gasteiger partial charge on any atom is 0.408 e. The van der Waals surface area contributed by atoms with Gasteiger partial charge in [-0.1, -0.05) is 13.8 Å². The lowest BCUT2D eigenvalue weighted by molar-refractivity contribution is -0.118. The van der Waals surface area contributed by atoms with Crippen LogP contribution in [0.1, 0.15) is 53.5 Å². The van der Waals surface area contributed by atoms with Crippen molar-refractivity contribution >= 4 is 45.3 Å². The van der Waals surface area contributed by atoms with Crippen molar-refractivity contribution < 1.29 is 14.3 Å². The number of piperazine rings is 1. The van der Waals surface area contributed by atoms with E-state index in [0.29, 0.717) is 18.2 Å². The minimum absolute atomic E-state index is 0.0447. The Morgan fingerprint density at radius 3 is 2.42 bits per heavy atom. The summed E-state index contributed by atoms with van der Waals surface area (Å²) in [7, 11) is 2.13. The van der Waals surface area contributed by atoms with E-state index in [4.69, 9.17) is 14.7 Å². The second kappa shape index (κ2) is 11.7. The molecule has 2 atom stereocenters. The van der Waals surface area contributed by atoms with Crippen LogP contribution >= 0.6 is 11.3 Å². The third-order valence-corrected chi connectivity index (χ3v) is 6.99. The van der Waals surface area contributed by atoms with Crippen LogP contribution in [0.4, 0.5) is 16.6 Å². The van der Waals surface area contributed by atoms with Crippen molar-refractivity contribution in [2.75, 3.05) is 43.9 Å². The van der Waals surface area contributed by atoms with E-state index in [9.17, 15) is 9.59 Å². The first kappa shape index (κ1) is 28.1. The molecule has 2 unspecified atom stereocenters. The zero-order valence-electron chi connectivity index (χ0n) is 22.8. The minimum atomic E-state index is -0.760. The smallest absolute Gasteiger partial charge is 0.408 e. The number of carbonyl (C=O) groups is 2. The molecule has 2 aromatic rings. The number of nitrogens with one attached hydrogen (secondary N) is 3. The Bertz CT molecular complexity index is 1060. The zero-order chi connectivity index (χ0) is 26.6. The second-order valence-electron chi connectivity index (χ2n) is 11.0. The number of ether oxygens (including phenoxy) is 1. The Kier molecular flexibility index (Phi) is 9.13. The fraction of sp³-hybridized carbons (Fsp3) is 0.680. The van der Waals surface area contributed by atoms with Gasteiger partial charge in [0.05, 0.1) is 11.6 Å². The molecule has 0 aromatic carbocycles. The number of hydrogen-bond acceptors (Lipinski definition) is 9. The van der Waals surface area contributed by atoms with Crippen molar-refractivity contribution in [2.45, 2.75) is 72.7 Å². The quantitative estimate of drug-likeness (QED) is 0.482. The molecule has 3 N–H and O–H groups in total. The standard InChI is InChI=1S/C25H41N7O3S/c1-15(2)13-18(27-24(34)35-25(5,6)7)21(33)28-20-19-16(3)14-36-22(19)30-23(29-20)26-17(4)32-11-9-31(8)10-12-32/h14-15,17-18H,9-13H2,1-8H3,(H,27,34)(H2,26,28,29,30,33). The molecule has 0 bridgehead atoms. The SMILES string of the molecule is Cc1csc2nc(NC(C)N3CCN(C)CC3)nc(NC(=O)C(CC(C)C)NC(=O)OC(C)(C)C)c12. The molecule has 10 nitrogen and oxygen atoms in total. The summed E-state index contributed by atoms with van der Waals surface area (Å²) in [6.07, 6.45) is -0.109. The minimum Gasteiger partial charge on any atom is -0.444 e. The van der Waals surface area contributed by atoms with Gasteiger partial charge >= 0.3 is 6.09 Å². The van der Waals surface area contributed by atoms with Gasteiger partial charge in [0.1, 0.15) is 22.3 Å². The lowest BCUT2D eigenvalue weighted by atomic mass is 10.0. The van der Waals surface area contributed by atoms with E-state index < -0.39 is 17.7 Å². The van der Waals surface area contributed by atoms with E-state index in [1.54, 1.807) is 20.8 Å². The summed E-state index contributed by atoms with van der Waals surface area (Å²) in [6.45, 7) is 17.4. The van der Waals surface area contributed by atoms with E-state index >= 15 is 0 Å². The number of rotatable bonds is 8. The van der Waals surface area contributed by atoms with Crippen LogP contribution in [0.2, 0.25) is 0 Å². The van der Waals surface area contributed by atoms with Crippen LogP contribution in [-0.4, -0.2) is 82.8 Å². The molecule has 0 aliphatic carbocycles. The van der Waals surface area contributed by atoms with E-state index in [-0.39, 0.29) is 18.0 Å². The lowest BCUT2D eigenvalue weighted by Crippen LogP contribution is -2.50. The van der Waals surface area contributed by atoms with Gasteiger partial charge in [0.15, 0.2) is 0 Å². The fourth-order valence-electron chi connectivity index (χ4n) is 4.08. The molecule has 0 spiro atoms. The average molecular weight is 520 g/mol. The van der Waals surface area contributed by atoms with Crippen LogP contribution in [0.25, 0.3) is 10.2 Å². The summed E-state index contributed by atoms with van der Waals surface area (Å²) in [6, 6.07) is -0.760. The molecule has 0 radical (unpaired) electrons. The molecule has 36 heavy (non-hydrogen) atoms. The van der Waals surface area contributed by atoms with Gasteiger partial charge in [-0.15, -0.1) is 11.3 Å². The monoisotopic (exact) mass is 519 g/mol. The van der Waals surface area contributed by atoms with Crippen molar-refractivity contribution in [1.82, 2.24) is 25.1 Å². The summed E-state index contributed by atoms with van der Waals surface area (Å²) in [5, 5.41) is 11.9. The number of alkyl carbamates (subject to hydrolysis) is 1. The highest BCUT2D eigenvalue weighted by atomic mass is 32.1. The number of likely N-dealkylation sites (N-methyl/N-ethyl adjacent to an activating group) is 1. The third kappa shape index (κ3) is 7.75. The topological polar surface area (TPSA) is 112 Å². The Labute approximate surface area is 218 Å². The molecule has 0 saturated carbocycles. The predicted molar refractivity (Wildman–Crippen MR) is 146 cm³/mol. The maximum absolute atomic E-state index is 13.4. The Morgan fingerprint density at radius 2 is 1.81 bits per heavy atom. The van der Waals surface area contributed by atoms with Crippen LogP contribution in [-0.2, 0) is 9.53 Å². The number of aromatic nitrogens is 2. The summed E-state index contributed by atoms with van der Waals surface area (Å²) >= 11 is 1.52. The molecule has 2 aromatic heterocycles. The normalized spacial score (nSPS) is 17.1. The second-order valence-corrected chi connectivity index (χ2v) is 11.8. The van der Waals surface area contributed by atoms with Gasteiger partial charge < -0.3 is 25.6 Å². The van der Waals surface area contributed by atoms with Gasteiger partial charge in [-0.2, -0.15) is 4.98 Å². The van der Waals surface area contributed by atoms with Crippen molar-refractivity contribution in [3.8, 4) is 0 Å². The largest absolute Gasteiger partial charge is 0.444 e. The summed E-state index contributed by atoms with van der Waals surface area (Å²) in [5.74, 6) is 0.757. The third-order valence-electron chi connectivity index (χ3n) is 6.00. The maximum atomic E-state index is 13.4. The van der Waals surface area contributed by atoms with E-state index in [2.05, 4.69) is 39.7 Å². The van der Waals surface area contributed by atoms with Crippen LogP contribution < -0.4 is 16.0 Å². The van der Waals surface area contributed by atoms with E-state index in [1.165, 1.54) is 11.3 Å². The lowest BCUT2D eigenvalue weighted by Gasteiger charge is -2.36. The number of amides is 2. The predicted octanol–water partition coefficient (Wildman–Crippen LogP) is 3.88. The first-order valence-corrected chi connectivity index (χ1v) is 13.5. The van der Waals surface area contributed by atoms with Gasteiger partial charge in [-0.3, -0.25) is 9.69 Å². The Hall–Kier alpha value is -2.50. The average Bonchev–Trinajstić information content (AvgIpc) is 3.12. The highest BCUT2D eigenvalue weighted by molar-refractivity contribution is 7.17. The molecule has 1 saturated heterocycles. The first-order chi connectivity index (χ1) is 16.8. The van der Waals surface area contributed by atoms with Crippen LogP contribution in [0.5, 0.6) is 0 Å². The van der Waals surface area contributed by atoms with E-state index in [1.807, 2.05) is 26.2 Å². The summed E-state index contributed by atoms with van der Waals surface area (Å²) in [5.41, 5.74) is 0.334. The van der Waals surface area contributed by atoms with Crippen molar-refractivity contribution in [2.24, 2.45) is 5.92 Å². The summed E-state index contributed by atoms with van der Waals surface area (Å²) in [4.78, 5) is 40.7. The number of anilines is 2. The molecule has 3 heterocycles. The molecule has 11 heteroatoms. The first-order valence-electron chi connectivity index (χ1n) is 12.6. The summed E-state index contributed by atoms with van der Waals surface area (Å²) < 4.78 is 5.38. The molecule has 1 fully saturated rings. The zero-order valence-corrected chi connectivity index (χ0v) is 23.6. The van der Waals surface area contributed by atoms with Crippen LogP contribution in [0.3, 0.4) is 0 Å².